The van der Waals surface area contributed by atoms with Crippen LogP contribution in [0.2, 0.25) is 0 Å². The molecule has 1 saturated heterocycles. The molecular weight excluding hydrogens is 334 g/mol. The van der Waals surface area contributed by atoms with Gasteiger partial charge in [-0.25, -0.2) is 0 Å². The number of ether oxygens (including phenoxy) is 1. The van der Waals surface area contributed by atoms with Gasteiger partial charge in [0.05, 0.1) is 6.54 Å². The number of nitrogens with one attached hydrogen (secondary N) is 1. The Kier molecular flexibility index (Phi) is 18.9. The molecule has 7 nitrogen and oxygen atoms in total. The Morgan fingerprint density at radius 2 is 1.73 bits per heavy atom. The van der Waals surface area contributed by atoms with E-state index in [-0.39, 0.29) is 24.1 Å². The number of carbonyl (C=O) groups is 3. The lowest BCUT2D eigenvalue weighted by Gasteiger charge is -2.21. The van der Waals surface area contributed by atoms with E-state index in [1.807, 2.05) is 34.6 Å². The summed E-state index contributed by atoms with van der Waals surface area (Å²) in [4.78, 5) is 33.5. The summed E-state index contributed by atoms with van der Waals surface area (Å²) in [6.07, 6.45) is 1.56. The summed E-state index contributed by atoms with van der Waals surface area (Å²) in [7, 11) is 1.70. The van der Waals surface area contributed by atoms with Gasteiger partial charge in [-0.2, -0.15) is 0 Å². The highest BCUT2D eigenvalue weighted by atomic mass is 16.5. The molecule has 1 aliphatic heterocycles. The van der Waals surface area contributed by atoms with Gasteiger partial charge in [-0.3, -0.25) is 14.4 Å². The average molecular weight is 376 g/mol. The third kappa shape index (κ3) is 18.7. The Morgan fingerprint density at radius 1 is 1.27 bits per heavy atom. The molecule has 1 rings (SSSR count). The van der Waals surface area contributed by atoms with Crippen LogP contribution in [0.3, 0.4) is 0 Å². The minimum Gasteiger partial charge on any atom is -0.462 e. The molecule has 156 valence electrons. The van der Waals surface area contributed by atoms with Crippen molar-refractivity contribution < 1.29 is 19.1 Å². The number of nitrogens with two attached hydrogens (primary N) is 1. The highest BCUT2D eigenvalue weighted by Crippen LogP contribution is 2.16. The van der Waals surface area contributed by atoms with Crippen molar-refractivity contribution in [1.82, 2.24) is 10.2 Å². The first-order valence-corrected chi connectivity index (χ1v) is 9.31. The molecule has 1 fully saturated rings. The number of hydrogen-bond acceptors (Lipinski definition) is 5. The molecule has 26 heavy (non-hydrogen) atoms. The van der Waals surface area contributed by atoms with Crippen LogP contribution in [0, 0.1) is 5.92 Å². The predicted molar refractivity (Wildman–Crippen MR) is 107 cm³/mol. The zero-order valence-corrected chi connectivity index (χ0v) is 18.2. The largest absolute Gasteiger partial charge is 0.462 e. The first-order valence-electron chi connectivity index (χ1n) is 9.31. The molecule has 2 amide bonds. The molecule has 0 aliphatic carbocycles. The number of likely N-dealkylation sites (tertiary alicyclic amines) is 1. The monoisotopic (exact) mass is 375 g/mol. The lowest BCUT2D eigenvalue weighted by Crippen LogP contribution is -2.46. The summed E-state index contributed by atoms with van der Waals surface area (Å²) < 4.78 is 4.55. The minimum atomic E-state index is -0.401. The average Bonchev–Trinajstić information content (AvgIpc) is 2.98. The molecule has 0 unspecified atom stereocenters. The maximum atomic E-state index is 11.4. The summed E-state index contributed by atoms with van der Waals surface area (Å²) in [5.41, 5.74) is 4.85. The van der Waals surface area contributed by atoms with Gasteiger partial charge in [0, 0.05) is 6.54 Å². The topological polar surface area (TPSA) is 102 Å². The van der Waals surface area contributed by atoms with Crippen LogP contribution in [0.15, 0.2) is 0 Å². The fourth-order valence-corrected chi connectivity index (χ4v) is 1.76. The van der Waals surface area contributed by atoms with E-state index < -0.39 is 5.91 Å². The molecule has 1 heterocycles. The fraction of sp³-hybridized carbons (Fsp3) is 0.842. The van der Waals surface area contributed by atoms with Crippen molar-refractivity contribution in [3.05, 3.63) is 0 Å². The molecule has 7 heteroatoms. The maximum absolute atomic E-state index is 11.4. The Labute approximate surface area is 160 Å². The summed E-state index contributed by atoms with van der Waals surface area (Å²) in [5, 5.41) is 2.76. The smallest absolute Gasteiger partial charge is 0.293 e. The lowest BCUT2D eigenvalue weighted by atomic mass is 10.2. The standard InChI is InChI=1S/C8H15N3O2.C5H10O2.C4H10.C2H6/c1-10-5-7(12)11-4-2-3-6(11)8(9)13;1-5(2,3)7-4-6;1-4(2)3;1-2/h6,10H,2-5H2,1H3,(H2,9,13);4H,1-3H3;4H,1-3H3;1-2H3/t6-;;;/m0.../s1. The number of rotatable bonds is 4. The van der Waals surface area contributed by atoms with Gasteiger partial charge >= 0.3 is 0 Å². The summed E-state index contributed by atoms with van der Waals surface area (Å²) in [5.74, 6) is 0.380. The minimum absolute atomic E-state index is 0.0520. The van der Waals surface area contributed by atoms with Gasteiger partial charge in [-0.05, 0) is 46.6 Å². The molecule has 0 saturated carbocycles. The normalized spacial score (nSPS) is 15.5. The van der Waals surface area contributed by atoms with E-state index >= 15 is 0 Å². The van der Waals surface area contributed by atoms with Crippen LogP contribution in [0.1, 0.15) is 68.2 Å². The Balaban J connectivity index is -0.000000344. The van der Waals surface area contributed by atoms with E-state index in [9.17, 15) is 14.4 Å². The molecule has 1 aliphatic rings. The summed E-state index contributed by atoms with van der Waals surface area (Å²) in [6, 6.07) is -0.388. The van der Waals surface area contributed by atoms with Gasteiger partial charge in [0.25, 0.3) is 6.47 Å². The molecule has 3 N–H and O–H groups in total. The van der Waals surface area contributed by atoms with E-state index in [4.69, 9.17) is 5.73 Å². The van der Waals surface area contributed by atoms with Crippen LogP contribution < -0.4 is 11.1 Å². The van der Waals surface area contributed by atoms with Gasteiger partial charge in [-0.15, -0.1) is 0 Å². The second-order valence-corrected chi connectivity index (χ2v) is 7.24. The van der Waals surface area contributed by atoms with Crippen LogP contribution >= 0.6 is 0 Å². The second kappa shape index (κ2) is 16.8. The molecule has 0 aromatic heterocycles. The van der Waals surface area contributed by atoms with E-state index in [0.29, 0.717) is 19.4 Å². The molecule has 1 atom stereocenters. The third-order valence-electron chi connectivity index (χ3n) is 2.63. The quantitative estimate of drug-likeness (QED) is 0.734. The summed E-state index contributed by atoms with van der Waals surface area (Å²) >= 11 is 0. The first kappa shape index (κ1) is 29.1. The van der Waals surface area contributed by atoms with Crippen molar-refractivity contribution in [2.24, 2.45) is 11.7 Å². The van der Waals surface area contributed by atoms with Crippen LogP contribution in [-0.4, -0.2) is 55.0 Å². The first-order chi connectivity index (χ1) is 12.0. The van der Waals surface area contributed by atoms with E-state index in [1.165, 1.54) is 0 Å². The number of nitrogens with zero attached hydrogens (tertiary/aromatic N) is 1. The zero-order chi connectivity index (χ0) is 21.3. The van der Waals surface area contributed by atoms with Gasteiger partial charge in [0.15, 0.2) is 0 Å². The molecule has 0 aromatic carbocycles. The molecule has 0 bridgehead atoms. The lowest BCUT2D eigenvalue weighted by molar-refractivity contribution is -0.138. The van der Waals surface area contributed by atoms with Gasteiger partial charge in [0.1, 0.15) is 11.6 Å². The molecule has 0 radical (unpaired) electrons. The van der Waals surface area contributed by atoms with Crippen molar-refractivity contribution in [2.75, 3.05) is 20.1 Å². The van der Waals surface area contributed by atoms with Gasteiger partial charge < -0.3 is 20.7 Å². The number of amides is 2. The number of hydrogen-bond donors (Lipinski definition) is 2. The van der Waals surface area contributed by atoms with Crippen molar-refractivity contribution in [2.45, 2.75) is 79.9 Å². The van der Waals surface area contributed by atoms with Crippen LogP contribution in [0.25, 0.3) is 0 Å². The number of primary amides is 1. The molecule has 0 spiro atoms. The van der Waals surface area contributed by atoms with Gasteiger partial charge in [-0.1, -0.05) is 34.6 Å². The highest BCUT2D eigenvalue weighted by molar-refractivity contribution is 5.87. The Bertz CT molecular complexity index is 377. The van der Waals surface area contributed by atoms with E-state index in [1.54, 1.807) is 11.9 Å². The molecule has 0 aromatic rings. The van der Waals surface area contributed by atoms with Gasteiger partial charge in [0.2, 0.25) is 11.8 Å². The van der Waals surface area contributed by atoms with Crippen molar-refractivity contribution >= 4 is 18.3 Å². The zero-order valence-electron chi connectivity index (χ0n) is 18.2. The Morgan fingerprint density at radius 3 is 2.00 bits per heavy atom. The second-order valence-electron chi connectivity index (χ2n) is 7.24. The highest BCUT2D eigenvalue weighted by Gasteiger charge is 2.31. The predicted octanol–water partition coefficient (Wildman–Crippen LogP) is 2.33. The van der Waals surface area contributed by atoms with Crippen LogP contribution in [0.4, 0.5) is 0 Å². The van der Waals surface area contributed by atoms with Crippen molar-refractivity contribution in [1.29, 1.82) is 0 Å². The Hall–Kier alpha value is -1.63. The van der Waals surface area contributed by atoms with E-state index in [2.05, 4.69) is 30.8 Å². The third-order valence-corrected chi connectivity index (χ3v) is 2.63. The maximum Gasteiger partial charge on any atom is 0.293 e. The number of carbonyl (C=O) groups excluding carboxylic acids is 3. The SMILES string of the molecule is CC.CC(C)(C)OC=O.CC(C)C.CNCC(=O)N1CCC[C@H]1C(N)=O. The number of likely N-dealkylation sites (N-methyl/N-ethyl adjacent to an activating group) is 1. The fourth-order valence-electron chi connectivity index (χ4n) is 1.76. The van der Waals surface area contributed by atoms with Crippen LogP contribution in [0.5, 0.6) is 0 Å². The van der Waals surface area contributed by atoms with Crippen molar-refractivity contribution in [3.63, 3.8) is 0 Å². The summed E-state index contributed by atoms with van der Waals surface area (Å²) in [6.45, 7) is 17.3. The van der Waals surface area contributed by atoms with Crippen LogP contribution in [-0.2, 0) is 19.1 Å². The molecular formula is C19H41N3O4. The van der Waals surface area contributed by atoms with E-state index in [0.717, 1.165) is 12.3 Å². The van der Waals surface area contributed by atoms with Crippen molar-refractivity contribution in [3.8, 4) is 0 Å².